The summed E-state index contributed by atoms with van der Waals surface area (Å²) >= 11 is 0. The van der Waals surface area contributed by atoms with Crippen LogP contribution in [0.15, 0.2) is 66.0 Å². The van der Waals surface area contributed by atoms with E-state index in [1.165, 1.54) is 37.7 Å². The fourth-order valence-corrected chi connectivity index (χ4v) is 3.06. The molecule has 3 rings (SSSR count). The molecule has 3 atom stereocenters. The largest absolute Gasteiger partial charge is 0.507 e. The van der Waals surface area contributed by atoms with E-state index in [-0.39, 0.29) is 29.4 Å². The molecule has 31 heavy (non-hydrogen) atoms. The Kier molecular flexibility index (Phi) is 7.78. The second kappa shape index (κ2) is 10.9. The highest BCUT2D eigenvalue weighted by molar-refractivity contribution is 5.96. The normalized spacial score (nSPS) is 24.2. The maximum atomic E-state index is 12.8. The number of fused-ring (bicyclic) bond motifs is 2. The van der Waals surface area contributed by atoms with E-state index in [2.05, 4.69) is 15.3 Å². The van der Waals surface area contributed by atoms with Crippen molar-refractivity contribution in [3.63, 3.8) is 0 Å². The summed E-state index contributed by atoms with van der Waals surface area (Å²) in [7, 11) is 1.41. The minimum Gasteiger partial charge on any atom is -0.507 e. The SMILES string of the molecule is CO/N=C/C=C\C(=O)N/C=C/C[C@H]1C[C@@H]2O[C@@H]2C=C/C=C/c2cccc(O)c2C(=O)O1. The topological polar surface area (TPSA) is 110 Å². The lowest BCUT2D eigenvalue weighted by molar-refractivity contribution is -0.115. The lowest BCUT2D eigenvalue weighted by atomic mass is 10.0. The number of benzene rings is 1. The predicted molar refractivity (Wildman–Crippen MR) is 115 cm³/mol. The van der Waals surface area contributed by atoms with Crippen molar-refractivity contribution in [3.8, 4) is 5.75 Å². The fraction of sp³-hybridized carbons (Fsp3) is 0.261. The van der Waals surface area contributed by atoms with Crippen molar-refractivity contribution in [1.82, 2.24) is 5.32 Å². The van der Waals surface area contributed by atoms with Gasteiger partial charge < -0.3 is 24.7 Å². The van der Waals surface area contributed by atoms with E-state index >= 15 is 0 Å². The molecule has 0 bridgehead atoms. The van der Waals surface area contributed by atoms with Gasteiger partial charge in [0.15, 0.2) is 0 Å². The number of hydrogen-bond donors (Lipinski definition) is 2. The molecule has 0 unspecified atom stereocenters. The third kappa shape index (κ3) is 6.68. The number of oxime groups is 1. The molecule has 1 aromatic carbocycles. The number of allylic oxidation sites excluding steroid dienone is 3. The molecule has 0 saturated carbocycles. The predicted octanol–water partition coefficient (Wildman–Crippen LogP) is 2.87. The van der Waals surface area contributed by atoms with Crippen molar-refractivity contribution in [2.75, 3.05) is 7.11 Å². The van der Waals surface area contributed by atoms with E-state index in [1.807, 2.05) is 12.2 Å². The first kappa shape index (κ1) is 22.0. The molecule has 0 spiro atoms. The molecule has 1 saturated heterocycles. The lowest BCUT2D eigenvalue weighted by Gasteiger charge is -2.17. The Labute approximate surface area is 180 Å². The standard InChI is InChI=1S/C23H24N2O6/c1-29-25-14-6-12-21(27)24-13-5-9-17-15-20-19(31-20)11-3-2-7-16-8-4-10-18(26)22(16)23(28)30-17/h2-8,10-14,17,19-20,26H,9,15H2,1H3,(H,24,27)/b7-2+,11-3?,12-6-,13-5+,25-14+/t17-,19+,20-/m0/s1. The van der Waals surface area contributed by atoms with Crippen molar-refractivity contribution in [2.45, 2.75) is 31.2 Å². The van der Waals surface area contributed by atoms with Gasteiger partial charge in [-0.15, -0.1) is 0 Å². The van der Waals surface area contributed by atoms with E-state index in [0.29, 0.717) is 18.4 Å². The van der Waals surface area contributed by atoms with Crippen LogP contribution in [0.1, 0.15) is 28.8 Å². The number of rotatable bonds is 6. The molecule has 0 radical (unpaired) electrons. The molecule has 8 nitrogen and oxygen atoms in total. The Hall–Kier alpha value is -3.65. The summed E-state index contributed by atoms with van der Waals surface area (Å²) in [5, 5.41) is 16.3. The first-order valence-electron chi connectivity index (χ1n) is 9.80. The molecule has 2 heterocycles. The van der Waals surface area contributed by atoms with Gasteiger partial charge >= 0.3 is 5.97 Å². The summed E-state index contributed by atoms with van der Waals surface area (Å²) in [6.07, 6.45) is 14.9. The van der Waals surface area contributed by atoms with Crippen molar-refractivity contribution in [1.29, 1.82) is 0 Å². The van der Waals surface area contributed by atoms with Gasteiger partial charge in [0, 0.05) is 25.1 Å². The smallest absolute Gasteiger partial charge is 0.342 e. The number of phenolic OH excluding ortho intramolecular Hbond substituents is 1. The van der Waals surface area contributed by atoms with Crippen LogP contribution in [0.4, 0.5) is 0 Å². The van der Waals surface area contributed by atoms with Crippen LogP contribution in [0.2, 0.25) is 0 Å². The highest BCUT2D eigenvalue weighted by atomic mass is 16.6. The van der Waals surface area contributed by atoms with E-state index in [9.17, 15) is 14.7 Å². The van der Waals surface area contributed by atoms with Crippen molar-refractivity contribution >= 4 is 24.2 Å². The van der Waals surface area contributed by atoms with Crippen LogP contribution in [0.25, 0.3) is 6.08 Å². The highest BCUT2D eigenvalue weighted by Crippen LogP contribution is 2.31. The molecule has 1 amide bonds. The summed E-state index contributed by atoms with van der Waals surface area (Å²) in [5.74, 6) is -1.09. The van der Waals surface area contributed by atoms with Gasteiger partial charge in [-0.25, -0.2) is 4.79 Å². The molecule has 0 aromatic heterocycles. The zero-order chi connectivity index (χ0) is 22.1. The average molecular weight is 424 g/mol. The third-order valence-electron chi connectivity index (χ3n) is 4.60. The quantitative estimate of drug-likeness (QED) is 0.239. The number of amides is 1. The van der Waals surface area contributed by atoms with Crippen LogP contribution < -0.4 is 5.32 Å². The fourth-order valence-electron chi connectivity index (χ4n) is 3.06. The Bertz CT molecular complexity index is 947. The van der Waals surface area contributed by atoms with Crippen LogP contribution in [0, 0.1) is 0 Å². The minimum absolute atomic E-state index is 0.0171. The molecule has 1 aromatic rings. The lowest BCUT2D eigenvalue weighted by Crippen LogP contribution is -2.21. The summed E-state index contributed by atoms with van der Waals surface area (Å²) in [4.78, 5) is 29.0. The van der Waals surface area contributed by atoms with Crippen LogP contribution in [0.5, 0.6) is 5.75 Å². The zero-order valence-corrected chi connectivity index (χ0v) is 17.0. The van der Waals surface area contributed by atoms with E-state index in [0.717, 1.165) is 0 Å². The number of epoxide rings is 1. The molecule has 162 valence electrons. The van der Waals surface area contributed by atoms with Gasteiger partial charge in [0.05, 0.1) is 12.3 Å². The molecule has 0 aliphatic carbocycles. The second-order valence-electron chi connectivity index (χ2n) is 6.83. The third-order valence-corrected chi connectivity index (χ3v) is 4.60. The summed E-state index contributed by atoms with van der Waals surface area (Å²) in [5.41, 5.74) is 0.681. The molecule has 2 N–H and O–H groups in total. The summed E-state index contributed by atoms with van der Waals surface area (Å²) in [6.45, 7) is 0. The maximum absolute atomic E-state index is 12.8. The Balaban J connectivity index is 1.66. The Morgan fingerprint density at radius 1 is 1.39 bits per heavy atom. The molecular weight excluding hydrogens is 400 g/mol. The number of esters is 1. The van der Waals surface area contributed by atoms with Gasteiger partial charge in [-0.1, -0.05) is 47.7 Å². The number of phenols is 1. The Morgan fingerprint density at radius 3 is 3.10 bits per heavy atom. The minimum atomic E-state index is -0.609. The monoisotopic (exact) mass is 424 g/mol. The molecule has 1 fully saturated rings. The maximum Gasteiger partial charge on any atom is 0.342 e. The van der Waals surface area contributed by atoms with E-state index in [1.54, 1.807) is 30.4 Å². The number of aromatic hydroxyl groups is 1. The van der Waals surface area contributed by atoms with Gasteiger partial charge in [0.1, 0.15) is 30.6 Å². The number of cyclic esters (lactones) is 1. The molecule has 2 aliphatic rings. The zero-order valence-electron chi connectivity index (χ0n) is 17.0. The van der Waals surface area contributed by atoms with E-state index < -0.39 is 12.1 Å². The number of carbonyl (C=O) groups is 2. The second-order valence-corrected chi connectivity index (χ2v) is 6.83. The molecule has 2 aliphatic heterocycles. The van der Waals surface area contributed by atoms with Gasteiger partial charge in [-0.3, -0.25) is 4.79 Å². The molecular formula is C23H24N2O6. The summed E-state index contributed by atoms with van der Waals surface area (Å²) in [6, 6.07) is 4.85. The molecule has 8 heteroatoms. The number of carbonyl (C=O) groups excluding carboxylic acids is 2. The van der Waals surface area contributed by atoms with Crippen molar-refractivity contribution in [2.24, 2.45) is 5.16 Å². The number of ether oxygens (including phenoxy) is 2. The van der Waals surface area contributed by atoms with Crippen molar-refractivity contribution in [3.05, 3.63) is 72.0 Å². The van der Waals surface area contributed by atoms with Crippen molar-refractivity contribution < 1.29 is 29.0 Å². The first-order valence-corrected chi connectivity index (χ1v) is 9.80. The Morgan fingerprint density at radius 2 is 2.26 bits per heavy atom. The van der Waals surface area contributed by atoms with Gasteiger partial charge in [-0.2, -0.15) is 0 Å². The van der Waals surface area contributed by atoms with Gasteiger partial charge in [0.25, 0.3) is 0 Å². The highest BCUT2D eigenvalue weighted by Gasteiger charge is 2.39. The van der Waals surface area contributed by atoms with Crippen LogP contribution in [-0.2, 0) is 19.1 Å². The average Bonchev–Trinajstić information content (AvgIpc) is 3.48. The number of nitrogens with one attached hydrogen (secondary N) is 1. The number of hydrogen-bond acceptors (Lipinski definition) is 7. The van der Waals surface area contributed by atoms with Crippen LogP contribution in [0.3, 0.4) is 0 Å². The summed E-state index contributed by atoms with van der Waals surface area (Å²) < 4.78 is 11.3. The van der Waals surface area contributed by atoms with Gasteiger partial charge in [0.2, 0.25) is 5.91 Å². The first-order chi connectivity index (χ1) is 15.1. The number of nitrogens with zero attached hydrogens (tertiary/aromatic N) is 1. The van der Waals surface area contributed by atoms with Crippen LogP contribution in [-0.4, -0.2) is 48.6 Å². The van der Waals surface area contributed by atoms with Gasteiger partial charge in [-0.05, 0) is 17.7 Å². The van der Waals surface area contributed by atoms with Crippen LogP contribution >= 0.6 is 0 Å². The van der Waals surface area contributed by atoms with E-state index in [4.69, 9.17) is 9.47 Å².